The van der Waals surface area contributed by atoms with E-state index in [9.17, 15) is 8.42 Å². The van der Waals surface area contributed by atoms with E-state index in [-0.39, 0.29) is 5.16 Å². The van der Waals surface area contributed by atoms with Gasteiger partial charge in [0.25, 0.3) is 14.2 Å². The summed E-state index contributed by atoms with van der Waals surface area (Å²) >= 11 is 4.81. The van der Waals surface area contributed by atoms with Crippen LogP contribution in [-0.4, -0.2) is 36.9 Å². The maximum absolute atomic E-state index is 11.5. The van der Waals surface area contributed by atoms with E-state index in [4.69, 9.17) is 15.4 Å². The molecule has 6 nitrogen and oxygen atoms in total. The van der Waals surface area contributed by atoms with E-state index in [1.54, 1.807) is 0 Å². The topological polar surface area (TPSA) is 74.1 Å². The van der Waals surface area contributed by atoms with Crippen LogP contribution in [0.15, 0.2) is 21.1 Å². The second-order valence-corrected chi connectivity index (χ2v) is 7.72. The minimum atomic E-state index is -3.95. The van der Waals surface area contributed by atoms with E-state index in [1.807, 2.05) is 11.4 Å². The summed E-state index contributed by atoms with van der Waals surface area (Å²) in [4.78, 5) is 0.787. The van der Waals surface area contributed by atoms with E-state index in [1.165, 1.54) is 23.0 Å². The molecule has 0 atom stereocenters. The first-order valence-corrected chi connectivity index (χ1v) is 9.03. The first-order valence-electron chi connectivity index (χ1n) is 5.05. The number of aromatic nitrogens is 3. The lowest BCUT2D eigenvalue weighted by molar-refractivity contribution is 0.185. The molecule has 0 aromatic carbocycles. The molecule has 104 valence electrons. The third-order valence-corrected chi connectivity index (χ3v) is 5.26. The van der Waals surface area contributed by atoms with Crippen molar-refractivity contribution in [2.45, 2.75) is 11.7 Å². The highest BCUT2D eigenvalue weighted by Crippen LogP contribution is 2.33. The molecule has 0 saturated carbocycles. The summed E-state index contributed by atoms with van der Waals surface area (Å²) in [5, 5.41) is 9.16. The van der Waals surface area contributed by atoms with Crippen LogP contribution in [0.1, 0.15) is 0 Å². The third kappa shape index (κ3) is 3.16. The molecule has 0 N–H and O–H groups in total. The lowest BCUT2D eigenvalue weighted by Crippen LogP contribution is -2.11. The maximum atomic E-state index is 11.5. The molecule has 0 aliphatic rings. The first kappa shape index (κ1) is 14.9. The predicted octanol–water partition coefficient (Wildman–Crippen LogP) is 2.34. The van der Waals surface area contributed by atoms with Gasteiger partial charge in [-0.1, -0.05) is 0 Å². The summed E-state index contributed by atoms with van der Waals surface area (Å²) in [6, 6.07) is 1.85. The molecule has 2 rings (SSSR count). The number of ether oxygens (including phenoxy) is 1. The molecule has 2 aromatic rings. The Balaban J connectivity index is 2.56. The van der Waals surface area contributed by atoms with Crippen LogP contribution in [0, 0.1) is 0 Å². The Morgan fingerprint density at radius 2 is 2.26 bits per heavy atom. The average molecular weight is 387 g/mol. The highest BCUT2D eigenvalue weighted by Gasteiger charge is 2.24. The number of rotatable bonds is 5. The summed E-state index contributed by atoms with van der Waals surface area (Å²) in [5.74, 6) is 0.443. The van der Waals surface area contributed by atoms with Crippen molar-refractivity contribution >= 4 is 47.0 Å². The molecule has 0 amide bonds. The van der Waals surface area contributed by atoms with Crippen molar-refractivity contribution in [2.75, 3.05) is 13.7 Å². The zero-order valence-electron chi connectivity index (χ0n) is 9.71. The summed E-state index contributed by atoms with van der Waals surface area (Å²) < 4.78 is 30.2. The standard InChI is InChI=1S/C9H9BrClN3O3S2/c1-17-4-3-14-8(7-6(10)2-5-18-7)12-13-9(14)19(11,15)16/h2,5H,3-4H2,1H3. The number of methoxy groups -OCH3 is 1. The molecule has 0 unspecified atom stereocenters. The van der Waals surface area contributed by atoms with Gasteiger partial charge in [0.05, 0.1) is 18.0 Å². The molecule has 0 spiro atoms. The number of hydrogen-bond donors (Lipinski definition) is 0. The maximum Gasteiger partial charge on any atom is 0.296 e. The zero-order chi connectivity index (χ0) is 14.0. The molecular weight excluding hydrogens is 378 g/mol. The average Bonchev–Trinajstić information content (AvgIpc) is 2.90. The van der Waals surface area contributed by atoms with Crippen LogP contribution in [0.3, 0.4) is 0 Å². The van der Waals surface area contributed by atoms with Crippen molar-refractivity contribution in [3.63, 3.8) is 0 Å². The fourth-order valence-corrected chi connectivity index (χ4v) is 3.94. The summed E-state index contributed by atoms with van der Waals surface area (Å²) in [7, 11) is 2.93. The fourth-order valence-electron chi connectivity index (χ4n) is 1.47. The van der Waals surface area contributed by atoms with Crippen molar-refractivity contribution in [3.05, 3.63) is 15.9 Å². The van der Waals surface area contributed by atoms with Gasteiger partial charge >= 0.3 is 0 Å². The minimum absolute atomic E-state index is 0.276. The molecule has 0 aliphatic carbocycles. The van der Waals surface area contributed by atoms with E-state index >= 15 is 0 Å². The Morgan fingerprint density at radius 1 is 1.53 bits per heavy atom. The SMILES string of the molecule is COCCn1c(-c2sccc2Br)nnc1S(=O)(=O)Cl. The normalized spacial score (nSPS) is 11.9. The van der Waals surface area contributed by atoms with E-state index in [2.05, 4.69) is 26.1 Å². The Morgan fingerprint density at radius 3 is 2.79 bits per heavy atom. The Bertz CT molecular complexity index is 683. The molecular formula is C9H9BrClN3O3S2. The lowest BCUT2D eigenvalue weighted by Gasteiger charge is -2.07. The van der Waals surface area contributed by atoms with Crippen molar-refractivity contribution < 1.29 is 13.2 Å². The first-order chi connectivity index (χ1) is 8.95. The summed E-state index contributed by atoms with van der Waals surface area (Å²) in [5.41, 5.74) is 0. The number of hydrogen-bond acceptors (Lipinski definition) is 6. The van der Waals surface area contributed by atoms with E-state index < -0.39 is 9.05 Å². The third-order valence-electron chi connectivity index (χ3n) is 2.27. The van der Waals surface area contributed by atoms with Gasteiger partial charge in [0.2, 0.25) is 0 Å². The monoisotopic (exact) mass is 385 g/mol. The fraction of sp³-hybridized carbons (Fsp3) is 0.333. The van der Waals surface area contributed by atoms with Crippen LogP contribution in [0.2, 0.25) is 0 Å². The second kappa shape index (κ2) is 5.88. The summed E-state index contributed by atoms with van der Waals surface area (Å²) in [6.07, 6.45) is 0. The molecule has 19 heavy (non-hydrogen) atoms. The molecule has 2 aromatic heterocycles. The number of halogens is 2. The molecule has 10 heteroatoms. The Kier molecular flexibility index (Phi) is 4.62. The summed E-state index contributed by atoms with van der Waals surface area (Å²) in [6.45, 7) is 0.623. The predicted molar refractivity (Wildman–Crippen MR) is 75.9 cm³/mol. The van der Waals surface area contributed by atoms with E-state index in [0.717, 1.165) is 9.35 Å². The van der Waals surface area contributed by atoms with Gasteiger partial charge in [0.1, 0.15) is 0 Å². The van der Waals surface area contributed by atoms with Crippen molar-refractivity contribution in [3.8, 4) is 10.7 Å². The van der Waals surface area contributed by atoms with Gasteiger partial charge in [0.15, 0.2) is 5.82 Å². The van der Waals surface area contributed by atoms with Crippen LogP contribution in [0.4, 0.5) is 0 Å². The second-order valence-electron chi connectivity index (χ2n) is 3.49. The van der Waals surface area contributed by atoms with Gasteiger partial charge < -0.3 is 4.74 Å². The van der Waals surface area contributed by atoms with Crippen molar-refractivity contribution in [1.29, 1.82) is 0 Å². The van der Waals surface area contributed by atoms with Crippen LogP contribution in [0.25, 0.3) is 10.7 Å². The van der Waals surface area contributed by atoms with Gasteiger partial charge in [-0.2, -0.15) is 0 Å². The Labute approximate surface area is 126 Å². The molecule has 0 radical (unpaired) electrons. The number of nitrogens with zero attached hydrogens (tertiary/aromatic N) is 3. The van der Waals surface area contributed by atoms with Gasteiger partial charge in [-0.15, -0.1) is 21.5 Å². The van der Waals surface area contributed by atoms with E-state index in [0.29, 0.717) is 19.0 Å². The highest BCUT2D eigenvalue weighted by atomic mass is 79.9. The Hall–Kier alpha value is -0.480. The quantitative estimate of drug-likeness (QED) is 0.737. The van der Waals surface area contributed by atoms with Gasteiger partial charge in [-0.25, -0.2) is 8.42 Å². The molecule has 0 bridgehead atoms. The van der Waals surface area contributed by atoms with Crippen LogP contribution in [0.5, 0.6) is 0 Å². The van der Waals surface area contributed by atoms with Crippen LogP contribution in [-0.2, 0) is 20.3 Å². The van der Waals surface area contributed by atoms with Crippen LogP contribution < -0.4 is 0 Å². The zero-order valence-corrected chi connectivity index (χ0v) is 13.7. The molecule has 0 fully saturated rings. The highest BCUT2D eigenvalue weighted by molar-refractivity contribution is 9.10. The minimum Gasteiger partial charge on any atom is -0.383 e. The van der Waals surface area contributed by atoms with Gasteiger partial charge in [-0.3, -0.25) is 4.57 Å². The van der Waals surface area contributed by atoms with Gasteiger partial charge in [-0.05, 0) is 27.4 Å². The van der Waals surface area contributed by atoms with Crippen LogP contribution >= 0.6 is 37.9 Å². The number of thiophene rings is 1. The van der Waals surface area contributed by atoms with Crippen molar-refractivity contribution in [2.24, 2.45) is 0 Å². The molecule has 0 aliphatic heterocycles. The smallest absolute Gasteiger partial charge is 0.296 e. The van der Waals surface area contributed by atoms with Crippen molar-refractivity contribution in [1.82, 2.24) is 14.8 Å². The van der Waals surface area contributed by atoms with Gasteiger partial charge in [0, 0.05) is 22.3 Å². The molecule has 0 saturated heterocycles. The molecule has 2 heterocycles. The lowest BCUT2D eigenvalue weighted by atomic mass is 10.4. The largest absolute Gasteiger partial charge is 0.383 e.